The van der Waals surface area contributed by atoms with Crippen LogP contribution in [-0.2, 0) is 10.1 Å². The van der Waals surface area contributed by atoms with Crippen molar-refractivity contribution in [1.29, 1.82) is 0 Å². The lowest BCUT2D eigenvalue weighted by atomic mass is 10.1. The highest BCUT2D eigenvalue weighted by molar-refractivity contribution is 7.86. The van der Waals surface area contributed by atoms with Gasteiger partial charge in [0.15, 0.2) is 0 Å². The molecule has 0 heterocycles. The van der Waals surface area contributed by atoms with Crippen LogP contribution >= 0.6 is 0 Å². The van der Waals surface area contributed by atoms with Gasteiger partial charge in [0.1, 0.15) is 4.90 Å². The summed E-state index contributed by atoms with van der Waals surface area (Å²) in [6.07, 6.45) is 0. The molecule has 0 bridgehead atoms. The fourth-order valence-corrected chi connectivity index (χ4v) is 2.56. The molecule has 84 valence electrons. The number of hydrogen-bond donors (Lipinski definition) is 2. The number of rotatable bonds is 1. The van der Waals surface area contributed by atoms with Crippen LogP contribution in [0.3, 0.4) is 0 Å². The van der Waals surface area contributed by atoms with Gasteiger partial charge in [0, 0.05) is 5.39 Å². The molecule has 0 saturated heterocycles. The van der Waals surface area contributed by atoms with Crippen LogP contribution in [0.2, 0.25) is 0 Å². The van der Waals surface area contributed by atoms with E-state index in [1.54, 1.807) is 18.2 Å². The number of nitrogens with two attached hydrogens (primary N) is 1. The quantitative estimate of drug-likeness (QED) is 0.587. The Morgan fingerprint density at radius 2 is 1.88 bits per heavy atom. The maximum atomic E-state index is 11.2. The lowest BCUT2D eigenvalue weighted by Crippen LogP contribution is -2.04. The highest BCUT2D eigenvalue weighted by Crippen LogP contribution is 2.28. The standard InChI is InChI=1S/C11H11NO3S/c1-7-2-4-9-8(6-7)3-5-10(12)11(9)16(13,14)15/h2-6H,12H2,1H3,(H,13,14,15). The van der Waals surface area contributed by atoms with Crippen molar-refractivity contribution in [2.75, 3.05) is 5.73 Å². The van der Waals surface area contributed by atoms with E-state index in [4.69, 9.17) is 10.3 Å². The van der Waals surface area contributed by atoms with Crippen molar-refractivity contribution in [2.24, 2.45) is 0 Å². The summed E-state index contributed by atoms with van der Waals surface area (Å²) in [6.45, 7) is 1.91. The number of nitrogen functional groups attached to an aromatic ring is 1. The number of hydrogen-bond acceptors (Lipinski definition) is 3. The summed E-state index contributed by atoms with van der Waals surface area (Å²) in [7, 11) is -4.30. The molecule has 0 atom stereocenters. The smallest absolute Gasteiger partial charge is 0.297 e. The van der Waals surface area contributed by atoms with Crippen molar-refractivity contribution in [2.45, 2.75) is 11.8 Å². The van der Waals surface area contributed by atoms with Crippen LogP contribution in [0.15, 0.2) is 35.2 Å². The molecule has 0 amide bonds. The van der Waals surface area contributed by atoms with Crippen LogP contribution in [0.1, 0.15) is 5.56 Å². The predicted octanol–water partition coefficient (Wildman–Crippen LogP) is 1.98. The monoisotopic (exact) mass is 237 g/mol. The Morgan fingerprint density at radius 1 is 1.19 bits per heavy atom. The summed E-state index contributed by atoms with van der Waals surface area (Å²) in [5.74, 6) is 0. The Hall–Kier alpha value is -1.59. The number of aryl methyl sites for hydroxylation is 1. The average Bonchev–Trinajstić information content (AvgIpc) is 2.16. The van der Waals surface area contributed by atoms with Gasteiger partial charge in [-0.05, 0) is 18.4 Å². The zero-order valence-corrected chi connectivity index (χ0v) is 9.45. The first-order chi connectivity index (χ1) is 7.39. The second-order valence-electron chi connectivity index (χ2n) is 3.68. The van der Waals surface area contributed by atoms with Crippen LogP contribution in [-0.4, -0.2) is 13.0 Å². The summed E-state index contributed by atoms with van der Waals surface area (Å²) in [6, 6.07) is 8.46. The Morgan fingerprint density at radius 3 is 2.50 bits per heavy atom. The first kappa shape index (κ1) is 10.9. The molecule has 5 heteroatoms. The maximum absolute atomic E-state index is 11.2. The molecule has 0 saturated carbocycles. The highest BCUT2D eigenvalue weighted by Gasteiger charge is 2.17. The Balaban J connectivity index is 2.97. The van der Waals surface area contributed by atoms with E-state index >= 15 is 0 Å². The lowest BCUT2D eigenvalue weighted by molar-refractivity contribution is 0.484. The van der Waals surface area contributed by atoms with Gasteiger partial charge in [0.05, 0.1) is 5.69 Å². The summed E-state index contributed by atoms with van der Waals surface area (Å²) < 4.78 is 31.6. The van der Waals surface area contributed by atoms with E-state index in [0.29, 0.717) is 5.39 Å². The third-order valence-electron chi connectivity index (χ3n) is 2.41. The molecule has 0 aromatic heterocycles. The molecule has 2 aromatic rings. The zero-order valence-electron chi connectivity index (χ0n) is 8.64. The van der Waals surface area contributed by atoms with Crippen molar-refractivity contribution in [3.8, 4) is 0 Å². The Bertz CT molecular complexity index is 662. The molecule has 0 radical (unpaired) electrons. The summed E-state index contributed by atoms with van der Waals surface area (Å²) in [5, 5.41) is 1.18. The molecule has 0 fully saturated rings. The molecule has 0 unspecified atom stereocenters. The molecule has 0 spiro atoms. The normalized spacial score (nSPS) is 11.9. The summed E-state index contributed by atoms with van der Waals surface area (Å²) >= 11 is 0. The summed E-state index contributed by atoms with van der Waals surface area (Å²) in [5.41, 5.74) is 6.64. The van der Waals surface area contributed by atoms with Crippen molar-refractivity contribution < 1.29 is 13.0 Å². The van der Waals surface area contributed by atoms with E-state index in [2.05, 4.69) is 0 Å². The van der Waals surface area contributed by atoms with Gasteiger partial charge in [-0.3, -0.25) is 4.55 Å². The molecule has 4 nitrogen and oxygen atoms in total. The second kappa shape index (κ2) is 3.47. The predicted molar refractivity (Wildman–Crippen MR) is 62.9 cm³/mol. The van der Waals surface area contributed by atoms with Crippen LogP contribution in [0.5, 0.6) is 0 Å². The van der Waals surface area contributed by atoms with Gasteiger partial charge in [-0.15, -0.1) is 0 Å². The molecule has 0 aliphatic rings. The van der Waals surface area contributed by atoms with E-state index in [-0.39, 0.29) is 10.6 Å². The molecule has 0 aliphatic carbocycles. The molecule has 3 N–H and O–H groups in total. The highest BCUT2D eigenvalue weighted by atomic mass is 32.2. The lowest BCUT2D eigenvalue weighted by Gasteiger charge is -2.07. The molecule has 2 aromatic carbocycles. The van der Waals surface area contributed by atoms with Crippen molar-refractivity contribution >= 4 is 26.6 Å². The fourth-order valence-electron chi connectivity index (χ4n) is 1.73. The first-order valence-corrected chi connectivity index (χ1v) is 6.10. The van der Waals surface area contributed by atoms with Gasteiger partial charge in [0.25, 0.3) is 10.1 Å². The van der Waals surface area contributed by atoms with Crippen LogP contribution in [0.4, 0.5) is 5.69 Å². The molecular weight excluding hydrogens is 226 g/mol. The average molecular weight is 237 g/mol. The topological polar surface area (TPSA) is 80.4 Å². The van der Waals surface area contributed by atoms with Crippen molar-refractivity contribution in [3.63, 3.8) is 0 Å². The van der Waals surface area contributed by atoms with Gasteiger partial charge in [-0.25, -0.2) is 0 Å². The third-order valence-corrected chi connectivity index (χ3v) is 3.39. The van der Waals surface area contributed by atoms with Crippen LogP contribution in [0.25, 0.3) is 10.8 Å². The minimum Gasteiger partial charge on any atom is -0.398 e. The minimum absolute atomic E-state index is 0.0545. The van der Waals surface area contributed by atoms with Gasteiger partial charge >= 0.3 is 0 Å². The van der Waals surface area contributed by atoms with Gasteiger partial charge in [-0.1, -0.05) is 29.8 Å². The minimum atomic E-state index is -4.30. The van der Waals surface area contributed by atoms with E-state index < -0.39 is 10.1 Å². The van der Waals surface area contributed by atoms with Gasteiger partial charge in [0.2, 0.25) is 0 Å². The fraction of sp³-hybridized carbons (Fsp3) is 0.0909. The molecule has 16 heavy (non-hydrogen) atoms. The summed E-state index contributed by atoms with van der Waals surface area (Å²) in [4.78, 5) is -0.218. The maximum Gasteiger partial charge on any atom is 0.297 e. The second-order valence-corrected chi connectivity index (χ2v) is 5.04. The van der Waals surface area contributed by atoms with Crippen molar-refractivity contribution in [1.82, 2.24) is 0 Å². The number of benzene rings is 2. The van der Waals surface area contributed by atoms with E-state index in [9.17, 15) is 8.42 Å². The molecular formula is C11H11NO3S. The molecule has 2 rings (SSSR count). The van der Waals surface area contributed by atoms with Gasteiger partial charge in [-0.2, -0.15) is 8.42 Å². The Kier molecular flexibility index (Phi) is 2.36. The number of anilines is 1. The van der Waals surface area contributed by atoms with E-state index in [0.717, 1.165) is 10.9 Å². The number of fused-ring (bicyclic) bond motifs is 1. The van der Waals surface area contributed by atoms with Gasteiger partial charge < -0.3 is 5.73 Å². The first-order valence-electron chi connectivity index (χ1n) is 4.66. The van der Waals surface area contributed by atoms with Crippen molar-refractivity contribution in [3.05, 3.63) is 35.9 Å². The SMILES string of the molecule is Cc1ccc2c(S(=O)(=O)O)c(N)ccc2c1. The molecule has 0 aliphatic heterocycles. The van der Waals surface area contributed by atoms with E-state index in [1.165, 1.54) is 6.07 Å². The van der Waals surface area contributed by atoms with E-state index in [1.807, 2.05) is 13.0 Å². The third kappa shape index (κ3) is 1.75. The van der Waals surface area contributed by atoms with Crippen LogP contribution in [0, 0.1) is 6.92 Å². The zero-order chi connectivity index (χ0) is 11.9. The largest absolute Gasteiger partial charge is 0.398 e. The Labute approximate surface area is 93.4 Å². The van der Waals surface area contributed by atoms with Crippen LogP contribution < -0.4 is 5.73 Å².